The number of furan rings is 1. The lowest BCUT2D eigenvalue weighted by atomic mass is 10.2. The summed E-state index contributed by atoms with van der Waals surface area (Å²) in [5.41, 5.74) is 2.05. The zero-order valence-electron chi connectivity index (χ0n) is 12.9. The van der Waals surface area contributed by atoms with E-state index in [1.54, 1.807) is 12.1 Å². The summed E-state index contributed by atoms with van der Waals surface area (Å²) in [6, 6.07) is 3.28. The molecule has 0 bridgehead atoms. The van der Waals surface area contributed by atoms with Crippen LogP contribution in [0.1, 0.15) is 21.9 Å². The fourth-order valence-corrected chi connectivity index (χ4v) is 2.70. The fourth-order valence-electron chi connectivity index (χ4n) is 2.40. The Labute approximate surface area is 142 Å². The highest BCUT2D eigenvalue weighted by atomic mass is 79.9. The predicted molar refractivity (Wildman–Crippen MR) is 88.9 cm³/mol. The molecule has 0 atom stereocenters. The fraction of sp³-hybridized carbons (Fsp3) is 0.400. The number of morpholine rings is 1. The number of anilines is 2. The van der Waals surface area contributed by atoms with Crippen molar-refractivity contribution in [3.63, 3.8) is 0 Å². The molecule has 8 heteroatoms. The number of nitrogens with zero attached hydrogens (tertiary/aromatic N) is 3. The lowest BCUT2D eigenvalue weighted by Crippen LogP contribution is -2.37. The molecule has 1 amide bonds. The summed E-state index contributed by atoms with van der Waals surface area (Å²) in [6.45, 7) is 6.59. The van der Waals surface area contributed by atoms with E-state index in [2.05, 4.69) is 36.1 Å². The molecule has 23 heavy (non-hydrogen) atoms. The van der Waals surface area contributed by atoms with Gasteiger partial charge >= 0.3 is 0 Å². The molecule has 1 N–H and O–H groups in total. The van der Waals surface area contributed by atoms with E-state index in [4.69, 9.17) is 9.15 Å². The van der Waals surface area contributed by atoms with Gasteiger partial charge in [-0.05, 0) is 41.9 Å². The molecule has 2 aromatic heterocycles. The standard InChI is InChI=1S/C15H17BrN4O3/c1-9-13(19-14(21)11-3-4-12(16)23-11)10(2)18-15(17-9)20-5-7-22-8-6-20/h3-4H,5-8H2,1-2H3,(H,19,21). The highest BCUT2D eigenvalue weighted by molar-refractivity contribution is 9.10. The number of amides is 1. The van der Waals surface area contributed by atoms with Gasteiger partial charge < -0.3 is 19.4 Å². The maximum absolute atomic E-state index is 12.2. The molecule has 1 saturated heterocycles. The summed E-state index contributed by atoms with van der Waals surface area (Å²) < 4.78 is 11.1. The van der Waals surface area contributed by atoms with Crippen LogP contribution in [0.2, 0.25) is 0 Å². The van der Waals surface area contributed by atoms with Gasteiger partial charge in [0.2, 0.25) is 5.95 Å². The molecule has 0 saturated carbocycles. The minimum atomic E-state index is -0.329. The normalized spacial score (nSPS) is 14.8. The number of carbonyl (C=O) groups excluding carboxylic acids is 1. The number of carbonyl (C=O) groups is 1. The van der Waals surface area contributed by atoms with E-state index < -0.39 is 0 Å². The van der Waals surface area contributed by atoms with Gasteiger partial charge in [0.1, 0.15) is 0 Å². The highest BCUT2D eigenvalue weighted by Gasteiger charge is 2.19. The van der Waals surface area contributed by atoms with Crippen LogP contribution in [0.25, 0.3) is 0 Å². The molecule has 3 heterocycles. The van der Waals surface area contributed by atoms with Crippen LogP contribution in [0.15, 0.2) is 21.2 Å². The van der Waals surface area contributed by atoms with E-state index >= 15 is 0 Å². The van der Waals surface area contributed by atoms with Gasteiger partial charge in [-0.25, -0.2) is 9.97 Å². The molecule has 2 aromatic rings. The third-order valence-electron chi connectivity index (χ3n) is 3.59. The largest absolute Gasteiger partial charge is 0.444 e. The Kier molecular flexibility index (Phi) is 4.63. The van der Waals surface area contributed by atoms with Crippen molar-refractivity contribution in [2.75, 3.05) is 36.5 Å². The molecular weight excluding hydrogens is 364 g/mol. The van der Waals surface area contributed by atoms with Gasteiger partial charge in [0, 0.05) is 13.1 Å². The number of nitrogens with one attached hydrogen (secondary N) is 1. The molecular formula is C15H17BrN4O3. The maximum Gasteiger partial charge on any atom is 0.291 e. The van der Waals surface area contributed by atoms with Crippen LogP contribution in [0.4, 0.5) is 11.6 Å². The molecule has 0 radical (unpaired) electrons. The summed E-state index contributed by atoms with van der Waals surface area (Å²) >= 11 is 3.18. The van der Waals surface area contributed by atoms with Crippen molar-refractivity contribution in [1.29, 1.82) is 0 Å². The van der Waals surface area contributed by atoms with Crippen molar-refractivity contribution in [2.45, 2.75) is 13.8 Å². The molecule has 1 aliphatic heterocycles. The minimum absolute atomic E-state index is 0.230. The lowest BCUT2D eigenvalue weighted by molar-refractivity contribution is 0.0995. The second kappa shape index (κ2) is 6.67. The SMILES string of the molecule is Cc1nc(N2CCOCC2)nc(C)c1NC(=O)c1ccc(Br)o1. The Bertz CT molecular complexity index is 702. The van der Waals surface area contributed by atoms with Crippen molar-refractivity contribution in [1.82, 2.24) is 9.97 Å². The maximum atomic E-state index is 12.2. The average molecular weight is 381 g/mol. The zero-order chi connectivity index (χ0) is 16.4. The Balaban J connectivity index is 1.81. The molecule has 7 nitrogen and oxygen atoms in total. The first-order chi connectivity index (χ1) is 11.0. The lowest BCUT2D eigenvalue weighted by Gasteiger charge is -2.27. The van der Waals surface area contributed by atoms with Crippen LogP contribution in [-0.2, 0) is 4.74 Å². The highest BCUT2D eigenvalue weighted by Crippen LogP contribution is 2.22. The molecule has 122 valence electrons. The topological polar surface area (TPSA) is 80.5 Å². The summed E-state index contributed by atoms with van der Waals surface area (Å²) in [4.78, 5) is 23.3. The first-order valence-corrected chi connectivity index (χ1v) is 8.08. The second-order valence-corrected chi connectivity index (χ2v) is 6.01. The number of ether oxygens (including phenoxy) is 1. The second-order valence-electron chi connectivity index (χ2n) is 5.23. The van der Waals surface area contributed by atoms with E-state index in [0.717, 1.165) is 24.5 Å². The molecule has 1 aliphatic rings. The molecule has 3 rings (SSSR count). The number of halogens is 1. The smallest absolute Gasteiger partial charge is 0.291 e. The van der Waals surface area contributed by atoms with E-state index in [1.165, 1.54) is 0 Å². The van der Waals surface area contributed by atoms with E-state index in [-0.39, 0.29) is 11.7 Å². The summed E-state index contributed by atoms with van der Waals surface area (Å²) in [5.74, 6) is 0.569. The number of rotatable bonds is 3. The van der Waals surface area contributed by atoms with Crippen LogP contribution in [0.5, 0.6) is 0 Å². The van der Waals surface area contributed by atoms with Crippen LogP contribution in [-0.4, -0.2) is 42.2 Å². The van der Waals surface area contributed by atoms with Gasteiger partial charge in [-0.2, -0.15) is 0 Å². The van der Waals surface area contributed by atoms with E-state index in [9.17, 15) is 4.79 Å². The van der Waals surface area contributed by atoms with Crippen molar-refractivity contribution in [3.8, 4) is 0 Å². The van der Waals surface area contributed by atoms with Crippen LogP contribution in [0, 0.1) is 13.8 Å². The third kappa shape index (κ3) is 3.53. The number of hydrogen-bond donors (Lipinski definition) is 1. The van der Waals surface area contributed by atoms with Crippen molar-refractivity contribution < 1.29 is 13.9 Å². The minimum Gasteiger partial charge on any atom is -0.444 e. The zero-order valence-corrected chi connectivity index (χ0v) is 14.5. The predicted octanol–water partition coefficient (Wildman–Crippen LogP) is 2.54. The Morgan fingerprint density at radius 2 is 1.87 bits per heavy atom. The van der Waals surface area contributed by atoms with Gasteiger partial charge in [0.25, 0.3) is 5.91 Å². The average Bonchev–Trinajstić information content (AvgIpc) is 2.98. The first kappa shape index (κ1) is 15.9. The quantitative estimate of drug-likeness (QED) is 0.880. The van der Waals surface area contributed by atoms with Crippen LogP contribution in [0.3, 0.4) is 0 Å². The van der Waals surface area contributed by atoms with Crippen molar-refractivity contribution in [3.05, 3.63) is 34.0 Å². The molecule has 0 spiro atoms. The summed E-state index contributed by atoms with van der Waals surface area (Å²) in [6.07, 6.45) is 0. The summed E-state index contributed by atoms with van der Waals surface area (Å²) in [5, 5.41) is 2.82. The Morgan fingerprint density at radius 3 is 2.43 bits per heavy atom. The van der Waals surface area contributed by atoms with Gasteiger partial charge in [0.05, 0.1) is 30.3 Å². The first-order valence-electron chi connectivity index (χ1n) is 7.29. The van der Waals surface area contributed by atoms with Crippen LogP contribution < -0.4 is 10.2 Å². The molecule has 0 unspecified atom stereocenters. The van der Waals surface area contributed by atoms with Crippen molar-refractivity contribution >= 4 is 33.5 Å². The van der Waals surface area contributed by atoms with Gasteiger partial charge in [-0.3, -0.25) is 4.79 Å². The molecule has 0 aromatic carbocycles. The Morgan fingerprint density at radius 1 is 1.22 bits per heavy atom. The number of hydrogen-bond acceptors (Lipinski definition) is 6. The third-order valence-corrected chi connectivity index (χ3v) is 4.01. The Hall–Kier alpha value is -1.93. The number of aryl methyl sites for hydroxylation is 2. The molecule has 0 aliphatic carbocycles. The summed E-state index contributed by atoms with van der Waals surface area (Å²) in [7, 11) is 0. The number of aromatic nitrogens is 2. The van der Waals surface area contributed by atoms with E-state index in [1.807, 2.05) is 13.8 Å². The van der Waals surface area contributed by atoms with Gasteiger partial charge in [-0.1, -0.05) is 0 Å². The van der Waals surface area contributed by atoms with Gasteiger partial charge in [0.15, 0.2) is 10.4 Å². The monoisotopic (exact) mass is 380 g/mol. The van der Waals surface area contributed by atoms with Crippen molar-refractivity contribution in [2.24, 2.45) is 0 Å². The van der Waals surface area contributed by atoms with Crippen LogP contribution >= 0.6 is 15.9 Å². The van der Waals surface area contributed by atoms with E-state index in [0.29, 0.717) is 29.5 Å². The molecule has 1 fully saturated rings. The van der Waals surface area contributed by atoms with Gasteiger partial charge in [-0.15, -0.1) is 0 Å².